The molecule has 2 aromatic rings. The Morgan fingerprint density at radius 1 is 1.06 bits per heavy atom. The van der Waals surface area contributed by atoms with Crippen molar-refractivity contribution in [1.82, 2.24) is 4.98 Å². The zero-order chi connectivity index (χ0) is 12.8. The van der Waals surface area contributed by atoms with Crippen LogP contribution in [0.4, 0.5) is 5.69 Å². The Bertz CT molecular complexity index is 489. The zero-order valence-electron chi connectivity index (χ0n) is 11.1. The fourth-order valence-electron chi connectivity index (χ4n) is 2.03. The summed E-state index contributed by atoms with van der Waals surface area (Å²) in [6.45, 7) is 5.23. The number of nitrogens with zero attached hydrogens (tertiary/aromatic N) is 1. The first-order valence-corrected chi connectivity index (χ1v) is 6.62. The highest BCUT2D eigenvalue weighted by Crippen LogP contribution is 2.20. The summed E-state index contributed by atoms with van der Waals surface area (Å²) in [5.41, 5.74) is 4.72. The van der Waals surface area contributed by atoms with E-state index in [9.17, 15) is 0 Å². The number of pyridine rings is 1. The average molecular weight is 240 g/mol. The number of nitrogens with one attached hydrogen (secondary N) is 1. The molecule has 1 aromatic heterocycles. The van der Waals surface area contributed by atoms with Crippen LogP contribution in [0, 0.1) is 0 Å². The average Bonchev–Trinajstić information content (AvgIpc) is 2.41. The van der Waals surface area contributed by atoms with Crippen LogP contribution in [0.5, 0.6) is 0 Å². The van der Waals surface area contributed by atoms with E-state index in [4.69, 9.17) is 0 Å². The van der Waals surface area contributed by atoms with Crippen molar-refractivity contribution in [2.75, 3.05) is 11.9 Å². The molecule has 0 atom stereocenters. The normalized spacial score (nSPS) is 10.3. The lowest BCUT2D eigenvalue weighted by Gasteiger charge is -2.06. The lowest BCUT2D eigenvalue weighted by Crippen LogP contribution is -1.97. The first-order chi connectivity index (χ1) is 8.83. The van der Waals surface area contributed by atoms with Crippen LogP contribution in [0.2, 0.25) is 0 Å². The van der Waals surface area contributed by atoms with Crippen molar-refractivity contribution in [1.29, 1.82) is 0 Å². The molecule has 0 radical (unpaired) electrons. The van der Waals surface area contributed by atoms with Crippen LogP contribution in [0.25, 0.3) is 11.3 Å². The second-order valence-corrected chi connectivity index (χ2v) is 4.41. The van der Waals surface area contributed by atoms with Crippen molar-refractivity contribution in [2.24, 2.45) is 0 Å². The van der Waals surface area contributed by atoms with Crippen LogP contribution >= 0.6 is 0 Å². The monoisotopic (exact) mass is 240 g/mol. The Morgan fingerprint density at radius 2 is 1.83 bits per heavy atom. The fourth-order valence-corrected chi connectivity index (χ4v) is 2.03. The third-order valence-corrected chi connectivity index (χ3v) is 2.93. The summed E-state index contributed by atoms with van der Waals surface area (Å²) in [6, 6.07) is 12.8. The predicted molar refractivity (Wildman–Crippen MR) is 77.8 cm³/mol. The third kappa shape index (κ3) is 3.10. The lowest BCUT2D eigenvalue weighted by atomic mass is 10.1. The molecule has 1 aromatic carbocycles. The van der Waals surface area contributed by atoms with Gasteiger partial charge >= 0.3 is 0 Å². The molecule has 0 aliphatic carbocycles. The molecule has 0 saturated heterocycles. The fraction of sp³-hybridized carbons (Fsp3) is 0.312. The van der Waals surface area contributed by atoms with Crippen LogP contribution in [0.1, 0.15) is 25.8 Å². The number of aromatic nitrogens is 1. The van der Waals surface area contributed by atoms with Gasteiger partial charge in [-0.25, -0.2) is 0 Å². The zero-order valence-corrected chi connectivity index (χ0v) is 11.1. The van der Waals surface area contributed by atoms with Gasteiger partial charge in [-0.3, -0.25) is 4.98 Å². The SMILES string of the molecule is CCCc1ccc(-c2cc(NCC)ccn2)cc1. The van der Waals surface area contributed by atoms with Crippen molar-refractivity contribution < 1.29 is 0 Å². The van der Waals surface area contributed by atoms with Gasteiger partial charge in [0.2, 0.25) is 0 Å². The van der Waals surface area contributed by atoms with Gasteiger partial charge in [0.15, 0.2) is 0 Å². The smallest absolute Gasteiger partial charge is 0.0722 e. The van der Waals surface area contributed by atoms with Crippen LogP contribution < -0.4 is 5.32 Å². The van der Waals surface area contributed by atoms with Crippen molar-refractivity contribution in [3.8, 4) is 11.3 Å². The van der Waals surface area contributed by atoms with Crippen LogP contribution in [0.15, 0.2) is 42.6 Å². The molecule has 0 spiro atoms. The molecule has 94 valence electrons. The summed E-state index contributed by atoms with van der Waals surface area (Å²) in [7, 11) is 0. The van der Waals surface area contributed by atoms with E-state index in [2.05, 4.69) is 54.5 Å². The minimum Gasteiger partial charge on any atom is -0.385 e. The Morgan fingerprint density at radius 3 is 2.50 bits per heavy atom. The third-order valence-electron chi connectivity index (χ3n) is 2.93. The molecule has 2 rings (SSSR count). The number of hydrogen-bond acceptors (Lipinski definition) is 2. The lowest BCUT2D eigenvalue weighted by molar-refractivity contribution is 0.922. The summed E-state index contributed by atoms with van der Waals surface area (Å²) < 4.78 is 0. The Hall–Kier alpha value is -1.83. The molecule has 0 aliphatic heterocycles. The molecule has 0 unspecified atom stereocenters. The predicted octanol–water partition coefficient (Wildman–Crippen LogP) is 4.13. The second-order valence-electron chi connectivity index (χ2n) is 4.41. The molecule has 0 bridgehead atoms. The maximum Gasteiger partial charge on any atom is 0.0722 e. The molecule has 1 N–H and O–H groups in total. The van der Waals surface area contributed by atoms with E-state index >= 15 is 0 Å². The first kappa shape index (κ1) is 12.6. The highest BCUT2D eigenvalue weighted by molar-refractivity contribution is 5.64. The van der Waals surface area contributed by atoms with Gasteiger partial charge in [0.1, 0.15) is 0 Å². The summed E-state index contributed by atoms with van der Waals surface area (Å²) in [4.78, 5) is 4.43. The minimum absolute atomic E-state index is 0.929. The summed E-state index contributed by atoms with van der Waals surface area (Å²) >= 11 is 0. The quantitative estimate of drug-likeness (QED) is 0.849. The van der Waals surface area contributed by atoms with E-state index in [1.165, 1.54) is 17.5 Å². The second kappa shape index (κ2) is 6.20. The van der Waals surface area contributed by atoms with Crippen molar-refractivity contribution in [3.63, 3.8) is 0 Å². The number of rotatable bonds is 5. The summed E-state index contributed by atoms with van der Waals surface area (Å²) in [6.07, 6.45) is 4.19. The molecule has 18 heavy (non-hydrogen) atoms. The highest BCUT2D eigenvalue weighted by atomic mass is 14.9. The molecular weight excluding hydrogens is 220 g/mol. The topological polar surface area (TPSA) is 24.9 Å². The number of aryl methyl sites for hydroxylation is 1. The first-order valence-electron chi connectivity index (χ1n) is 6.62. The van der Waals surface area contributed by atoms with Crippen molar-refractivity contribution in [2.45, 2.75) is 26.7 Å². The van der Waals surface area contributed by atoms with Gasteiger partial charge in [-0.15, -0.1) is 0 Å². The van der Waals surface area contributed by atoms with E-state index in [1.807, 2.05) is 12.3 Å². The van der Waals surface area contributed by atoms with E-state index in [1.54, 1.807) is 0 Å². The molecule has 2 nitrogen and oxygen atoms in total. The van der Waals surface area contributed by atoms with E-state index in [0.717, 1.165) is 24.3 Å². The molecule has 2 heteroatoms. The van der Waals surface area contributed by atoms with Crippen molar-refractivity contribution in [3.05, 3.63) is 48.2 Å². The van der Waals surface area contributed by atoms with Gasteiger partial charge in [-0.2, -0.15) is 0 Å². The molecule has 0 saturated carbocycles. The van der Waals surface area contributed by atoms with Crippen molar-refractivity contribution >= 4 is 5.69 Å². The van der Waals surface area contributed by atoms with E-state index in [0.29, 0.717) is 0 Å². The largest absolute Gasteiger partial charge is 0.385 e. The van der Waals surface area contributed by atoms with Crippen LogP contribution in [-0.2, 0) is 6.42 Å². The van der Waals surface area contributed by atoms with Gasteiger partial charge in [-0.05, 0) is 31.0 Å². The number of anilines is 1. The maximum absolute atomic E-state index is 4.43. The summed E-state index contributed by atoms with van der Waals surface area (Å²) in [5, 5.41) is 3.31. The highest BCUT2D eigenvalue weighted by Gasteiger charge is 2.00. The molecule has 1 heterocycles. The maximum atomic E-state index is 4.43. The van der Waals surface area contributed by atoms with Gasteiger partial charge in [-0.1, -0.05) is 37.6 Å². The Kier molecular flexibility index (Phi) is 4.35. The Balaban J connectivity index is 2.22. The van der Waals surface area contributed by atoms with Crippen LogP contribution in [0.3, 0.4) is 0 Å². The molecule has 0 fully saturated rings. The number of hydrogen-bond donors (Lipinski definition) is 1. The summed E-state index contributed by atoms with van der Waals surface area (Å²) in [5.74, 6) is 0. The number of benzene rings is 1. The standard InChI is InChI=1S/C16H20N2/c1-3-5-13-6-8-14(9-7-13)16-12-15(17-4-2)10-11-18-16/h6-12H,3-5H2,1-2H3,(H,17,18). The molecule has 0 amide bonds. The molecular formula is C16H20N2. The van der Waals surface area contributed by atoms with Gasteiger partial charge in [0.25, 0.3) is 0 Å². The molecule has 0 aliphatic rings. The Labute approximate surface area is 109 Å². The van der Waals surface area contributed by atoms with Crippen LogP contribution in [-0.4, -0.2) is 11.5 Å². The van der Waals surface area contributed by atoms with E-state index < -0.39 is 0 Å². The minimum atomic E-state index is 0.929. The van der Waals surface area contributed by atoms with Gasteiger partial charge in [0.05, 0.1) is 5.69 Å². The van der Waals surface area contributed by atoms with E-state index in [-0.39, 0.29) is 0 Å². The van der Waals surface area contributed by atoms with Gasteiger partial charge < -0.3 is 5.32 Å². The van der Waals surface area contributed by atoms with Gasteiger partial charge in [0, 0.05) is 24.0 Å².